The largest absolute Gasteiger partial charge is 0.497 e. The second kappa shape index (κ2) is 8.18. The summed E-state index contributed by atoms with van der Waals surface area (Å²) in [5.41, 5.74) is 3.22. The van der Waals surface area contributed by atoms with Gasteiger partial charge in [0.1, 0.15) is 17.0 Å². The highest BCUT2D eigenvalue weighted by Crippen LogP contribution is 2.22. The normalized spacial score (nSPS) is 11.2. The second-order valence-corrected chi connectivity index (χ2v) is 8.57. The molecule has 0 saturated carbocycles. The Morgan fingerprint density at radius 1 is 1.06 bits per heavy atom. The van der Waals surface area contributed by atoms with Gasteiger partial charge in [-0.25, -0.2) is 9.36 Å². The molecule has 0 unspecified atom stereocenters. The van der Waals surface area contributed by atoms with E-state index in [1.54, 1.807) is 35.7 Å². The Balaban J connectivity index is 1.61. The number of ether oxygens (including phenoxy) is 1. The fourth-order valence-corrected chi connectivity index (χ4v) is 4.49. The number of fused-ring (bicyclic) bond motifs is 1. The van der Waals surface area contributed by atoms with Crippen molar-refractivity contribution >= 4 is 21.6 Å². The van der Waals surface area contributed by atoms with Crippen LogP contribution in [0.25, 0.3) is 27.3 Å². The van der Waals surface area contributed by atoms with Crippen LogP contribution in [0, 0.1) is 13.8 Å². The highest BCUT2D eigenvalue weighted by molar-refractivity contribution is 7.17. The van der Waals surface area contributed by atoms with Crippen molar-refractivity contribution in [1.82, 2.24) is 19.3 Å². The van der Waals surface area contributed by atoms with Crippen LogP contribution in [-0.4, -0.2) is 26.4 Å². The molecule has 0 radical (unpaired) electrons. The summed E-state index contributed by atoms with van der Waals surface area (Å²) in [6.07, 6.45) is 0. The molecule has 0 fully saturated rings. The molecule has 5 rings (SSSR count). The van der Waals surface area contributed by atoms with Crippen molar-refractivity contribution in [1.29, 1.82) is 0 Å². The van der Waals surface area contributed by atoms with Crippen molar-refractivity contribution in [3.05, 3.63) is 91.8 Å². The zero-order chi connectivity index (χ0) is 23.1. The van der Waals surface area contributed by atoms with Crippen LogP contribution in [0.3, 0.4) is 0 Å². The van der Waals surface area contributed by atoms with Crippen molar-refractivity contribution in [3.63, 3.8) is 0 Å². The third kappa shape index (κ3) is 3.66. The number of aryl methyl sites for hydroxylation is 2. The number of hydrogen-bond acceptors (Lipinski definition) is 7. The van der Waals surface area contributed by atoms with E-state index in [1.807, 2.05) is 32.0 Å². The molecule has 2 aromatic carbocycles. The number of methoxy groups -OCH3 is 1. The van der Waals surface area contributed by atoms with Crippen LogP contribution in [0.1, 0.15) is 17.0 Å². The van der Waals surface area contributed by atoms with Gasteiger partial charge in [0.05, 0.1) is 18.3 Å². The maximum atomic E-state index is 13.5. The first-order valence-corrected chi connectivity index (χ1v) is 11.1. The SMILES string of the molecule is COc1cccc(-n2c(=O)c3sccc3n(Cc3nc(-c4ccc(C)c(C)c4)no3)c2=O)c1. The molecule has 5 aromatic rings. The Kier molecular flexibility index (Phi) is 5.18. The van der Waals surface area contributed by atoms with Gasteiger partial charge in [-0.05, 0) is 54.6 Å². The zero-order valence-electron chi connectivity index (χ0n) is 18.2. The number of benzene rings is 2. The minimum atomic E-state index is -0.495. The Bertz CT molecular complexity index is 1610. The van der Waals surface area contributed by atoms with E-state index in [0.29, 0.717) is 27.5 Å². The summed E-state index contributed by atoms with van der Waals surface area (Å²) >= 11 is 1.28. The second-order valence-electron chi connectivity index (χ2n) is 7.66. The summed E-state index contributed by atoms with van der Waals surface area (Å²) in [7, 11) is 1.53. The summed E-state index contributed by atoms with van der Waals surface area (Å²) < 4.78 is 13.8. The van der Waals surface area contributed by atoms with Crippen molar-refractivity contribution in [2.24, 2.45) is 0 Å². The van der Waals surface area contributed by atoms with Crippen LogP contribution >= 0.6 is 11.3 Å². The van der Waals surface area contributed by atoms with Gasteiger partial charge in [-0.1, -0.05) is 23.4 Å². The Morgan fingerprint density at radius 3 is 2.70 bits per heavy atom. The van der Waals surface area contributed by atoms with E-state index in [1.165, 1.54) is 28.6 Å². The van der Waals surface area contributed by atoms with E-state index in [4.69, 9.17) is 9.26 Å². The summed E-state index contributed by atoms with van der Waals surface area (Å²) in [6, 6.07) is 14.5. The standard InChI is InChI=1S/C24H20N4O4S/c1-14-7-8-16(11-15(14)2)22-25-20(32-26-22)13-27-19-9-10-33-21(19)23(29)28(24(27)30)17-5-4-6-18(12-17)31-3/h4-12H,13H2,1-3H3. The van der Waals surface area contributed by atoms with E-state index in [9.17, 15) is 9.59 Å². The molecule has 9 heteroatoms. The third-order valence-electron chi connectivity index (χ3n) is 5.59. The Morgan fingerprint density at radius 2 is 1.91 bits per heavy atom. The van der Waals surface area contributed by atoms with Crippen molar-refractivity contribution in [2.45, 2.75) is 20.4 Å². The molecule has 0 saturated heterocycles. The van der Waals surface area contributed by atoms with E-state index >= 15 is 0 Å². The number of aromatic nitrogens is 4. The maximum Gasteiger partial charge on any atom is 0.336 e. The molecule has 0 spiro atoms. The van der Waals surface area contributed by atoms with Gasteiger partial charge in [-0.15, -0.1) is 11.3 Å². The van der Waals surface area contributed by atoms with Gasteiger partial charge in [-0.2, -0.15) is 4.98 Å². The quantitative estimate of drug-likeness (QED) is 0.395. The number of thiophene rings is 1. The maximum absolute atomic E-state index is 13.5. The molecule has 0 atom stereocenters. The molecule has 8 nitrogen and oxygen atoms in total. The minimum Gasteiger partial charge on any atom is -0.497 e. The summed E-state index contributed by atoms with van der Waals surface area (Å²) in [6.45, 7) is 4.10. The lowest BCUT2D eigenvalue weighted by Crippen LogP contribution is -2.38. The minimum absolute atomic E-state index is 0.0359. The zero-order valence-corrected chi connectivity index (χ0v) is 19.0. The molecule has 0 N–H and O–H groups in total. The molecule has 0 aliphatic carbocycles. The molecule has 0 aliphatic rings. The fraction of sp³-hybridized carbons (Fsp3) is 0.167. The summed E-state index contributed by atoms with van der Waals surface area (Å²) in [4.78, 5) is 31.1. The Labute approximate surface area is 192 Å². The Hall–Kier alpha value is -3.98. The molecule has 33 heavy (non-hydrogen) atoms. The smallest absolute Gasteiger partial charge is 0.336 e. The van der Waals surface area contributed by atoms with Crippen LogP contribution in [0.15, 0.2) is 68.0 Å². The van der Waals surface area contributed by atoms with Gasteiger partial charge < -0.3 is 9.26 Å². The molecule has 166 valence electrons. The first-order chi connectivity index (χ1) is 16.0. The average Bonchev–Trinajstić information content (AvgIpc) is 3.49. The summed E-state index contributed by atoms with van der Waals surface area (Å²) in [5, 5.41) is 5.87. The molecule has 3 aromatic heterocycles. The number of hydrogen-bond donors (Lipinski definition) is 0. The van der Waals surface area contributed by atoms with Crippen LogP contribution in [0.5, 0.6) is 5.75 Å². The molecule has 3 heterocycles. The highest BCUT2D eigenvalue weighted by atomic mass is 32.1. The molecule has 0 amide bonds. The number of nitrogens with zero attached hydrogens (tertiary/aromatic N) is 4. The summed E-state index contributed by atoms with van der Waals surface area (Å²) in [5.74, 6) is 1.27. The molecule has 0 aliphatic heterocycles. The van der Waals surface area contributed by atoms with E-state index in [2.05, 4.69) is 10.1 Å². The highest BCUT2D eigenvalue weighted by Gasteiger charge is 2.18. The molecule has 0 bridgehead atoms. The average molecular weight is 461 g/mol. The first kappa shape index (κ1) is 20.9. The number of rotatable bonds is 5. The van der Waals surface area contributed by atoms with Crippen LogP contribution in [-0.2, 0) is 6.54 Å². The molecular weight excluding hydrogens is 440 g/mol. The fourth-order valence-electron chi connectivity index (χ4n) is 3.67. The van der Waals surface area contributed by atoms with Crippen molar-refractivity contribution < 1.29 is 9.26 Å². The van der Waals surface area contributed by atoms with Crippen LogP contribution in [0.4, 0.5) is 0 Å². The topological polar surface area (TPSA) is 92.2 Å². The predicted molar refractivity (Wildman–Crippen MR) is 127 cm³/mol. The first-order valence-electron chi connectivity index (χ1n) is 10.2. The van der Waals surface area contributed by atoms with Gasteiger partial charge >= 0.3 is 5.69 Å². The van der Waals surface area contributed by atoms with E-state index in [0.717, 1.165) is 15.7 Å². The van der Waals surface area contributed by atoms with Gasteiger partial charge in [0.15, 0.2) is 0 Å². The van der Waals surface area contributed by atoms with Gasteiger partial charge in [0.2, 0.25) is 11.7 Å². The van der Waals surface area contributed by atoms with Crippen LogP contribution < -0.4 is 16.0 Å². The van der Waals surface area contributed by atoms with Crippen LogP contribution in [0.2, 0.25) is 0 Å². The lowest BCUT2D eigenvalue weighted by Gasteiger charge is -2.11. The molecular formula is C24H20N4O4S. The van der Waals surface area contributed by atoms with Gasteiger partial charge in [-0.3, -0.25) is 9.36 Å². The lowest BCUT2D eigenvalue weighted by molar-refractivity contribution is 0.370. The monoisotopic (exact) mass is 460 g/mol. The predicted octanol–water partition coefficient (Wildman–Crippen LogP) is 3.94. The van der Waals surface area contributed by atoms with Gasteiger partial charge in [0, 0.05) is 11.6 Å². The van der Waals surface area contributed by atoms with E-state index in [-0.39, 0.29) is 18.0 Å². The van der Waals surface area contributed by atoms with Gasteiger partial charge in [0.25, 0.3) is 5.56 Å². The van der Waals surface area contributed by atoms with Crippen molar-refractivity contribution in [3.8, 4) is 22.8 Å². The third-order valence-corrected chi connectivity index (χ3v) is 6.48. The van der Waals surface area contributed by atoms with E-state index < -0.39 is 5.69 Å². The van der Waals surface area contributed by atoms with Crippen molar-refractivity contribution in [2.75, 3.05) is 7.11 Å². The lowest BCUT2D eigenvalue weighted by atomic mass is 10.1.